The topological polar surface area (TPSA) is 125 Å². The van der Waals surface area contributed by atoms with Crippen LogP contribution in [0.4, 0.5) is 0 Å². The molecule has 10 heteroatoms. The highest BCUT2D eigenvalue weighted by Gasteiger charge is 2.19. The molecule has 36 heavy (non-hydrogen) atoms. The molecule has 2 heterocycles. The third kappa shape index (κ3) is 5.83. The predicted molar refractivity (Wildman–Crippen MR) is 134 cm³/mol. The second-order valence-corrected chi connectivity index (χ2v) is 8.75. The Morgan fingerprint density at radius 2 is 1.78 bits per heavy atom. The van der Waals surface area contributed by atoms with Gasteiger partial charge in [0.15, 0.2) is 5.69 Å². The van der Waals surface area contributed by atoms with Gasteiger partial charge in [0.25, 0.3) is 5.56 Å². The molecule has 186 valence electrons. The molecule has 0 aliphatic carbocycles. The zero-order valence-corrected chi connectivity index (χ0v) is 20.5. The third-order valence-corrected chi connectivity index (χ3v) is 5.82. The Labute approximate surface area is 207 Å². The minimum atomic E-state index is -0.638. The quantitative estimate of drug-likeness (QED) is 0.383. The van der Waals surface area contributed by atoms with Gasteiger partial charge < -0.3 is 9.84 Å². The molecule has 4 rings (SSSR count). The Morgan fingerprint density at radius 3 is 2.50 bits per heavy atom. The number of carbonyl (C=O) groups is 1. The maximum Gasteiger partial charge on any atom is 0.351 e. The zero-order valence-electron chi connectivity index (χ0n) is 20.5. The molecule has 0 spiro atoms. The van der Waals surface area contributed by atoms with Crippen LogP contribution in [0.1, 0.15) is 36.8 Å². The monoisotopic (exact) mass is 488 g/mol. The number of benzene rings is 2. The molecule has 1 N–H and O–H groups in total. The third-order valence-electron chi connectivity index (χ3n) is 5.82. The van der Waals surface area contributed by atoms with Gasteiger partial charge in [0.1, 0.15) is 0 Å². The summed E-state index contributed by atoms with van der Waals surface area (Å²) in [5, 5.41) is 11.0. The van der Waals surface area contributed by atoms with Crippen molar-refractivity contribution in [2.75, 3.05) is 0 Å². The molecule has 0 saturated heterocycles. The van der Waals surface area contributed by atoms with E-state index in [-0.39, 0.29) is 42.2 Å². The molecule has 1 atom stereocenters. The summed E-state index contributed by atoms with van der Waals surface area (Å²) < 4.78 is 7.32. The summed E-state index contributed by atoms with van der Waals surface area (Å²) in [6.45, 7) is 3.90. The van der Waals surface area contributed by atoms with Gasteiger partial charge in [0, 0.05) is 25.9 Å². The van der Waals surface area contributed by atoms with Gasteiger partial charge in [0.05, 0.1) is 5.69 Å². The number of hydrogen-bond acceptors (Lipinski definition) is 7. The maximum absolute atomic E-state index is 12.7. The molecule has 2 aromatic carbocycles. The van der Waals surface area contributed by atoms with Crippen LogP contribution < -0.4 is 16.6 Å². The van der Waals surface area contributed by atoms with Crippen molar-refractivity contribution in [1.29, 1.82) is 0 Å². The summed E-state index contributed by atoms with van der Waals surface area (Å²) in [6, 6.07) is 17.3. The Hall–Kier alpha value is -4.34. The van der Waals surface area contributed by atoms with Crippen LogP contribution in [0.5, 0.6) is 0 Å². The summed E-state index contributed by atoms with van der Waals surface area (Å²) in [6.07, 6.45) is 2.07. The highest BCUT2D eigenvalue weighted by molar-refractivity contribution is 5.76. The van der Waals surface area contributed by atoms with Gasteiger partial charge in [0.2, 0.25) is 17.6 Å². The summed E-state index contributed by atoms with van der Waals surface area (Å²) in [4.78, 5) is 41.9. The van der Waals surface area contributed by atoms with Crippen molar-refractivity contribution < 1.29 is 9.32 Å². The smallest absolute Gasteiger partial charge is 0.351 e. The van der Waals surface area contributed by atoms with Crippen LogP contribution in [0.25, 0.3) is 17.2 Å². The molecule has 0 fully saturated rings. The lowest BCUT2D eigenvalue weighted by atomic mass is 10.1. The molecule has 4 aromatic rings. The van der Waals surface area contributed by atoms with Crippen LogP contribution in [0.2, 0.25) is 0 Å². The van der Waals surface area contributed by atoms with Crippen LogP contribution in [-0.2, 0) is 24.7 Å². The van der Waals surface area contributed by atoms with Gasteiger partial charge in [-0.05, 0) is 44.4 Å². The normalized spacial score (nSPS) is 11.9. The lowest BCUT2D eigenvalue weighted by molar-refractivity contribution is -0.121. The zero-order chi connectivity index (χ0) is 25.7. The minimum absolute atomic E-state index is 0.0194. The second-order valence-electron chi connectivity index (χ2n) is 8.75. The fourth-order valence-corrected chi connectivity index (χ4v) is 3.69. The number of aryl methyl sites for hydroxylation is 3. The van der Waals surface area contributed by atoms with E-state index in [1.807, 2.05) is 44.2 Å². The Morgan fingerprint density at radius 1 is 1.06 bits per heavy atom. The van der Waals surface area contributed by atoms with Crippen LogP contribution in [0.15, 0.2) is 68.7 Å². The Bertz CT molecular complexity index is 1450. The molecule has 0 aliphatic rings. The van der Waals surface area contributed by atoms with Gasteiger partial charge in [-0.15, -0.1) is 0 Å². The number of rotatable bonds is 9. The molecule has 0 unspecified atom stereocenters. The van der Waals surface area contributed by atoms with Gasteiger partial charge in [-0.25, -0.2) is 4.79 Å². The number of aromatic nitrogens is 5. The van der Waals surface area contributed by atoms with Crippen molar-refractivity contribution in [1.82, 2.24) is 29.8 Å². The number of carbonyl (C=O) groups excluding carboxylic acids is 1. The molecular weight excluding hydrogens is 460 g/mol. The molecule has 2 aromatic heterocycles. The Balaban J connectivity index is 1.41. The molecular formula is C26H28N6O4. The van der Waals surface area contributed by atoms with Crippen LogP contribution in [0, 0.1) is 6.92 Å². The van der Waals surface area contributed by atoms with Crippen molar-refractivity contribution in [3.05, 3.63) is 92.5 Å². The van der Waals surface area contributed by atoms with Crippen molar-refractivity contribution in [3.63, 3.8) is 0 Å². The Kier molecular flexibility index (Phi) is 7.53. The number of nitrogens with zero attached hydrogens (tertiary/aromatic N) is 5. The fourth-order valence-electron chi connectivity index (χ4n) is 3.69. The lowest BCUT2D eigenvalue weighted by Crippen LogP contribution is -2.40. The lowest BCUT2D eigenvalue weighted by Gasteiger charge is -2.13. The molecule has 1 amide bonds. The number of hydrogen-bond donors (Lipinski definition) is 1. The SMILES string of the molecule is Cc1ccc(-n2nc(-c3noc(CCC(=O)N[C@H](C)CCc4ccccc4)n3)c(=O)n(C)c2=O)cc1. The maximum atomic E-state index is 12.7. The molecule has 10 nitrogen and oxygen atoms in total. The van der Waals surface area contributed by atoms with Crippen molar-refractivity contribution in [2.24, 2.45) is 7.05 Å². The largest absolute Gasteiger partial charge is 0.354 e. The first-order valence-corrected chi connectivity index (χ1v) is 11.8. The van der Waals surface area contributed by atoms with E-state index in [1.54, 1.807) is 12.1 Å². The molecule has 0 bridgehead atoms. The van der Waals surface area contributed by atoms with Crippen molar-refractivity contribution >= 4 is 5.91 Å². The van der Waals surface area contributed by atoms with Gasteiger partial charge in [-0.3, -0.25) is 14.2 Å². The molecule has 0 aliphatic heterocycles. The summed E-state index contributed by atoms with van der Waals surface area (Å²) in [7, 11) is 1.37. The average molecular weight is 489 g/mol. The van der Waals surface area contributed by atoms with E-state index in [9.17, 15) is 14.4 Å². The average Bonchev–Trinajstić information content (AvgIpc) is 3.35. The van der Waals surface area contributed by atoms with Crippen molar-refractivity contribution in [2.45, 2.75) is 45.6 Å². The first kappa shape index (κ1) is 24.8. The molecule has 0 radical (unpaired) electrons. The highest BCUT2D eigenvalue weighted by atomic mass is 16.5. The predicted octanol–water partition coefficient (Wildman–Crippen LogP) is 2.36. The van der Waals surface area contributed by atoms with Gasteiger partial charge in [-0.1, -0.05) is 53.2 Å². The van der Waals surface area contributed by atoms with E-state index in [1.165, 1.54) is 12.6 Å². The summed E-state index contributed by atoms with van der Waals surface area (Å²) >= 11 is 0. The summed E-state index contributed by atoms with van der Waals surface area (Å²) in [5.74, 6) is 0.0365. The highest BCUT2D eigenvalue weighted by Crippen LogP contribution is 2.12. The first-order chi connectivity index (χ1) is 17.3. The standard InChI is InChI=1S/C26H28N6O4/c1-17-9-13-20(14-10-17)32-26(35)31(3)25(34)23(29-32)24-28-22(36-30-24)16-15-21(33)27-18(2)11-12-19-7-5-4-6-8-19/h4-10,13-14,18H,11-12,15-16H2,1-3H3,(H,27,33)/t18-/m1/s1. The minimum Gasteiger partial charge on any atom is -0.354 e. The number of nitrogens with one attached hydrogen (secondary N) is 1. The molecule has 0 saturated carbocycles. The van der Waals surface area contributed by atoms with E-state index in [4.69, 9.17) is 4.52 Å². The van der Waals surface area contributed by atoms with E-state index in [0.717, 1.165) is 27.7 Å². The fraction of sp³-hybridized carbons (Fsp3) is 0.308. The summed E-state index contributed by atoms with van der Waals surface area (Å²) in [5.41, 5.74) is 1.41. The van der Waals surface area contributed by atoms with Gasteiger partial charge in [-0.2, -0.15) is 14.8 Å². The van der Waals surface area contributed by atoms with E-state index >= 15 is 0 Å². The van der Waals surface area contributed by atoms with Crippen LogP contribution in [0.3, 0.4) is 0 Å². The number of amides is 1. The first-order valence-electron chi connectivity index (χ1n) is 11.8. The van der Waals surface area contributed by atoms with E-state index in [0.29, 0.717) is 5.69 Å². The van der Waals surface area contributed by atoms with Gasteiger partial charge >= 0.3 is 5.69 Å². The van der Waals surface area contributed by atoms with E-state index in [2.05, 4.69) is 32.7 Å². The van der Waals surface area contributed by atoms with Crippen LogP contribution in [-0.4, -0.2) is 36.4 Å². The van der Waals surface area contributed by atoms with E-state index < -0.39 is 11.2 Å². The second kappa shape index (κ2) is 10.9. The van der Waals surface area contributed by atoms with Crippen molar-refractivity contribution in [3.8, 4) is 17.2 Å². The van der Waals surface area contributed by atoms with Crippen LogP contribution >= 0.6 is 0 Å².